The number of carbonyl (C=O) groups is 2. The van der Waals surface area contributed by atoms with Crippen LogP contribution in [0.3, 0.4) is 0 Å². The van der Waals surface area contributed by atoms with Crippen LogP contribution in [0, 0.1) is 0 Å². The van der Waals surface area contributed by atoms with Crippen LogP contribution >= 0.6 is 0 Å². The average Bonchev–Trinajstić information content (AvgIpc) is 2.35. The number of methoxy groups -OCH3 is 1. The Balaban J connectivity index is 2.28. The first kappa shape index (κ1) is 8.04. The molecule has 1 aliphatic carbocycles. The van der Waals surface area contributed by atoms with E-state index in [1.165, 1.54) is 7.11 Å². The lowest BCUT2D eigenvalue weighted by molar-refractivity contribution is -0.117. The SMILES string of the molecule is COC(=O)N[C@H]1CCC(=O)C1. The number of ether oxygens (including phenoxy) is 1. The second-order valence-electron chi connectivity index (χ2n) is 2.61. The summed E-state index contributed by atoms with van der Waals surface area (Å²) in [5.41, 5.74) is 0. The standard InChI is InChI=1S/C7H11NO3/c1-11-7(10)8-5-2-3-6(9)4-5/h5H,2-4H2,1H3,(H,8,10)/t5-/m0/s1. The molecule has 1 saturated carbocycles. The Bertz CT molecular complexity index is 179. The van der Waals surface area contributed by atoms with Gasteiger partial charge in [-0.05, 0) is 6.42 Å². The van der Waals surface area contributed by atoms with Gasteiger partial charge in [0.05, 0.1) is 7.11 Å². The molecule has 0 saturated heterocycles. The minimum atomic E-state index is -0.454. The number of carbonyl (C=O) groups excluding carboxylic acids is 2. The van der Waals surface area contributed by atoms with Gasteiger partial charge in [0.2, 0.25) is 0 Å². The van der Waals surface area contributed by atoms with E-state index in [4.69, 9.17) is 0 Å². The molecule has 0 bridgehead atoms. The van der Waals surface area contributed by atoms with Gasteiger partial charge in [0.1, 0.15) is 5.78 Å². The summed E-state index contributed by atoms with van der Waals surface area (Å²) in [6.07, 6.45) is 1.32. The van der Waals surface area contributed by atoms with Crippen molar-refractivity contribution < 1.29 is 14.3 Å². The van der Waals surface area contributed by atoms with Gasteiger partial charge in [0, 0.05) is 18.9 Å². The van der Waals surface area contributed by atoms with Crippen LogP contribution in [0.4, 0.5) is 4.79 Å². The molecular weight excluding hydrogens is 146 g/mol. The highest BCUT2D eigenvalue weighted by atomic mass is 16.5. The molecule has 0 heterocycles. The number of amides is 1. The van der Waals surface area contributed by atoms with E-state index in [0.717, 1.165) is 6.42 Å². The molecule has 1 fully saturated rings. The number of Topliss-reactive ketones (excluding diaryl/α,β-unsaturated/α-hetero) is 1. The van der Waals surface area contributed by atoms with Gasteiger partial charge in [-0.15, -0.1) is 0 Å². The van der Waals surface area contributed by atoms with E-state index >= 15 is 0 Å². The van der Waals surface area contributed by atoms with Crippen LogP contribution in [0.5, 0.6) is 0 Å². The largest absolute Gasteiger partial charge is 0.453 e. The van der Waals surface area contributed by atoms with Gasteiger partial charge in [-0.2, -0.15) is 0 Å². The second-order valence-corrected chi connectivity index (χ2v) is 2.61. The molecule has 0 aromatic carbocycles. The molecule has 1 N–H and O–H groups in total. The Hall–Kier alpha value is -1.06. The van der Waals surface area contributed by atoms with Crippen LogP contribution < -0.4 is 5.32 Å². The lowest BCUT2D eigenvalue weighted by Gasteiger charge is -2.08. The predicted molar refractivity (Wildman–Crippen MR) is 38.2 cm³/mol. The van der Waals surface area contributed by atoms with E-state index in [2.05, 4.69) is 10.1 Å². The number of nitrogens with one attached hydrogen (secondary N) is 1. The first-order valence-corrected chi connectivity index (χ1v) is 3.58. The van der Waals surface area contributed by atoms with E-state index < -0.39 is 6.09 Å². The Morgan fingerprint density at radius 1 is 1.73 bits per heavy atom. The third-order valence-corrected chi connectivity index (χ3v) is 1.75. The van der Waals surface area contributed by atoms with Gasteiger partial charge in [0.25, 0.3) is 0 Å². The number of hydrogen-bond acceptors (Lipinski definition) is 3. The molecule has 4 nitrogen and oxygen atoms in total. The first-order chi connectivity index (χ1) is 5.22. The summed E-state index contributed by atoms with van der Waals surface area (Å²) in [4.78, 5) is 21.4. The van der Waals surface area contributed by atoms with E-state index in [-0.39, 0.29) is 11.8 Å². The lowest BCUT2D eigenvalue weighted by Crippen LogP contribution is -2.32. The van der Waals surface area contributed by atoms with Crippen molar-refractivity contribution in [3.05, 3.63) is 0 Å². The lowest BCUT2D eigenvalue weighted by atomic mass is 10.3. The van der Waals surface area contributed by atoms with Crippen molar-refractivity contribution in [3.63, 3.8) is 0 Å². The topological polar surface area (TPSA) is 55.4 Å². The summed E-state index contributed by atoms with van der Waals surface area (Å²) in [7, 11) is 1.31. The van der Waals surface area contributed by atoms with E-state index in [1.807, 2.05) is 0 Å². The molecule has 0 aromatic rings. The molecule has 1 atom stereocenters. The van der Waals surface area contributed by atoms with E-state index in [0.29, 0.717) is 12.8 Å². The molecule has 1 aliphatic rings. The van der Waals surface area contributed by atoms with Gasteiger partial charge < -0.3 is 10.1 Å². The predicted octanol–water partition coefficient (Wildman–Crippen LogP) is 0.464. The average molecular weight is 157 g/mol. The fourth-order valence-electron chi connectivity index (χ4n) is 1.16. The molecule has 0 aliphatic heterocycles. The fourth-order valence-corrected chi connectivity index (χ4v) is 1.16. The minimum Gasteiger partial charge on any atom is -0.453 e. The monoisotopic (exact) mass is 157 g/mol. The molecule has 1 amide bonds. The fraction of sp³-hybridized carbons (Fsp3) is 0.714. The highest BCUT2D eigenvalue weighted by Crippen LogP contribution is 2.14. The molecule has 62 valence electrons. The molecule has 0 aromatic heterocycles. The minimum absolute atomic E-state index is 0.00468. The van der Waals surface area contributed by atoms with Gasteiger partial charge in [-0.1, -0.05) is 0 Å². The number of rotatable bonds is 1. The smallest absolute Gasteiger partial charge is 0.407 e. The molecule has 11 heavy (non-hydrogen) atoms. The molecular formula is C7H11NO3. The molecule has 0 spiro atoms. The van der Waals surface area contributed by atoms with Crippen molar-refractivity contribution in [1.29, 1.82) is 0 Å². The maximum atomic E-state index is 10.7. The normalized spacial score (nSPS) is 23.4. The van der Waals surface area contributed by atoms with Crippen molar-refractivity contribution in [2.24, 2.45) is 0 Å². The summed E-state index contributed by atoms with van der Waals surface area (Å²) in [6.45, 7) is 0. The number of ketones is 1. The van der Waals surface area contributed by atoms with Crippen LogP contribution in [0.25, 0.3) is 0 Å². The molecule has 0 unspecified atom stereocenters. The maximum absolute atomic E-state index is 10.7. The summed E-state index contributed by atoms with van der Waals surface area (Å²) >= 11 is 0. The van der Waals surface area contributed by atoms with Crippen LogP contribution in [0.2, 0.25) is 0 Å². The van der Waals surface area contributed by atoms with Gasteiger partial charge in [0.15, 0.2) is 0 Å². The summed E-state index contributed by atoms with van der Waals surface area (Å²) in [6, 6.07) is -0.00468. The maximum Gasteiger partial charge on any atom is 0.407 e. The summed E-state index contributed by atoms with van der Waals surface area (Å²) < 4.78 is 4.39. The van der Waals surface area contributed by atoms with Gasteiger partial charge >= 0.3 is 6.09 Å². The van der Waals surface area contributed by atoms with Crippen molar-refractivity contribution in [2.45, 2.75) is 25.3 Å². The summed E-state index contributed by atoms with van der Waals surface area (Å²) in [5.74, 6) is 0.214. The zero-order valence-electron chi connectivity index (χ0n) is 6.42. The molecule has 1 rings (SSSR count). The third-order valence-electron chi connectivity index (χ3n) is 1.75. The highest BCUT2D eigenvalue weighted by Gasteiger charge is 2.23. The quantitative estimate of drug-likeness (QED) is 0.601. The van der Waals surface area contributed by atoms with Crippen LogP contribution in [0.15, 0.2) is 0 Å². The van der Waals surface area contributed by atoms with Crippen molar-refractivity contribution in [3.8, 4) is 0 Å². The summed E-state index contributed by atoms with van der Waals surface area (Å²) in [5, 5.41) is 2.58. The zero-order valence-corrected chi connectivity index (χ0v) is 6.42. The number of hydrogen-bond donors (Lipinski definition) is 1. The molecule has 0 radical (unpaired) electrons. The molecule has 4 heteroatoms. The third kappa shape index (κ3) is 2.22. The number of alkyl carbamates (subject to hydrolysis) is 1. The van der Waals surface area contributed by atoms with Crippen LogP contribution in [0.1, 0.15) is 19.3 Å². The Kier molecular flexibility index (Phi) is 2.46. The van der Waals surface area contributed by atoms with E-state index in [1.54, 1.807) is 0 Å². The van der Waals surface area contributed by atoms with E-state index in [9.17, 15) is 9.59 Å². The van der Waals surface area contributed by atoms with Crippen molar-refractivity contribution in [2.75, 3.05) is 7.11 Å². The van der Waals surface area contributed by atoms with Gasteiger partial charge in [-0.25, -0.2) is 4.79 Å². The van der Waals surface area contributed by atoms with Crippen molar-refractivity contribution >= 4 is 11.9 Å². The Morgan fingerprint density at radius 3 is 2.91 bits per heavy atom. The Labute approximate surface area is 64.9 Å². The highest BCUT2D eigenvalue weighted by molar-refractivity contribution is 5.82. The van der Waals surface area contributed by atoms with Gasteiger partial charge in [-0.3, -0.25) is 4.79 Å². The van der Waals surface area contributed by atoms with Crippen molar-refractivity contribution in [1.82, 2.24) is 5.32 Å². The van der Waals surface area contributed by atoms with Crippen LogP contribution in [-0.2, 0) is 9.53 Å². The zero-order chi connectivity index (χ0) is 8.27. The van der Waals surface area contributed by atoms with Crippen LogP contribution in [-0.4, -0.2) is 25.0 Å². The Morgan fingerprint density at radius 2 is 2.45 bits per heavy atom. The second kappa shape index (κ2) is 3.37. The first-order valence-electron chi connectivity index (χ1n) is 3.58.